The molecule has 0 amide bonds. The van der Waals surface area contributed by atoms with Gasteiger partial charge in [-0.25, -0.2) is 0 Å². The fourth-order valence-corrected chi connectivity index (χ4v) is 7.87. The SMILES string of the molecule is CC(CCCC=CC(=O)CCc1ccc(O)c(OCCc2ccc(O)c(C3c4ccc(C(N)N)cc4CCC3C(=O)c3cc[nH]c3)c2)c1)CCc1ccccc1. The van der Waals surface area contributed by atoms with Crippen LogP contribution in [0.4, 0.5) is 0 Å². The fourth-order valence-electron chi connectivity index (χ4n) is 7.87. The number of carbonyl (C=O) groups is 2. The average Bonchev–Trinajstić information content (AvgIpc) is 3.76. The minimum Gasteiger partial charge on any atom is -0.508 e. The smallest absolute Gasteiger partial charge is 0.168 e. The first kappa shape index (κ1) is 40.2. The number of nitrogens with one attached hydrogen (secondary N) is 1. The lowest BCUT2D eigenvalue weighted by molar-refractivity contribution is -0.114. The standard InChI is InChI=1S/C48H55N3O5/c1-32(12-13-33-9-5-3-6-10-33)8-4-2-7-11-39(52)19-14-34-16-23-44(54)45(29-34)56-27-25-35-15-22-43(53)42(28-35)46-40-20-18-37(48(49)50)30-36(40)17-21-41(46)47(55)38-24-26-51-31-38/h3,5-7,9-11,15-16,18,20,22-24,26,28-32,41,46,48,51,53-54H,2,4,8,12-14,17,19,21,25,27,49-50H2,1H3. The van der Waals surface area contributed by atoms with Crippen molar-refractivity contribution in [3.63, 3.8) is 0 Å². The van der Waals surface area contributed by atoms with Gasteiger partial charge in [-0.2, -0.15) is 0 Å². The molecule has 0 radical (unpaired) electrons. The van der Waals surface area contributed by atoms with Gasteiger partial charge in [0.25, 0.3) is 0 Å². The zero-order chi connectivity index (χ0) is 39.4. The number of rotatable bonds is 19. The molecule has 0 fully saturated rings. The molecule has 8 nitrogen and oxygen atoms in total. The Balaban J connectivity index is 1.03. The number of phenols is 2. The number of aromatic nitrogens is 1. The van der Waals surface area contributed by atoms with Crippen molar-refractivity contribution in [1.82, 2.24) is 4.98 Å². The second kappa shape index (κ2) is 19.4. The van der Waals surface area contributed by atoms with E-state index in [1.54, 1.807) is 42.7 Å². The van der Waals surface area contributed by atoms with E-state index in [1.807, 2.05) is 42.5 Å². The van der Waals surface area contributed by atoms with Gasteiger partial charge in [0.2, 0.25) is 0 Å². The van der Waals surface area contributed by atoms with Crippen LogP contribution in [0.2, 0.25) is 0 Å². The number of phenolic OH excluding ortho intramolecular Hbond substituents is 2. The number of hydrogen-bond acceptors (Lipinski definition) is 7. The van der Waals surface area contributed by atoms with Crippen LogP contribution in [-0.2, 0) is 30.5 Å². The molecule has 0 saturated heterocycles. The zero-order valence-corrected chi connectivity index (χ0v) is 32.3. The topological polar surface area (TPSA) is 152 Å². The molecule has 7 N–H and O–H groups in total. The fraction of sp³-hybridized carbons (Fsp3) is 0.333. The summed E-state index contributed by atoms with van der Waals surface area (Å²) in [6, 6.07) is 29.0. The van der Waals surface area contributed by atoms with Gasteiger partial charge >= 0.3 is 0 Å². The van der Waals surface area contributed by atoms with Crippen LogP contribution in [0.25, 0.3) is 0 Å². The minimum absolute atomic E-state index is 0.0260. The Hall–Kier alpha value is -5.44. The molecular weight excluding hydrogens is 699 g/mol. The third-order valence-corrected chi connectivity index (χ3v) is 11.1. The van der Waals surface area contributed by atoms with E-state index < -0.39 is 6.17 Å². The number of carbonyl (C=O) groups excluding carboxylic acids is 2. The number of Topliss-reactive ketones (excluding diaryl/α,β-unsaturated/α-hetero) is 1. The summed E-state index contributed by atoms with van der Waals surface area (Å²) < 4.78 is 6.06. The molecule has 1 aliphatic carbocycles. The predicted octanol–water partition coefficient (Wildman–Crippen LogP) is 9.04. The first-order chi connectivity index (χ1) is 27.2. The highest BCUT2D eigenvalue weighted by Crippen LogP contribution is 2.46. The second-order valence-electron chi connectivity index (χ2n) is 15.3. The quantitative estimate of drug-likeness (QED) is 0.0244. The molecule has 3 unspecified atom stereocenters. The first-order valence-corrected chi connectivity index (χ1v) is 20.0. The van der Waals surface area contributed by atoms with Crippen LogP contribution in [0.1, 0.15) is 107 Å². The lowest BCUT2D eigenvalue weighted by Gasteiger charge is -2.34. The number of allylic oxidation sites excluding steroid dienone is 2. The van der Waals surface area contributed by atoms with Crippen molar-refractivity contribution in [2.24, 2.45) is 23.3 Å². The highest BCUT2D eigenvalue weighted by Gasteiger charge is 2.37. The second-order valence-corrected chi connectivity index (χ2v) is 15.3. The number of benzene rings is 4. The number of ketones is 2. The number of hydrogen-bond donors (Lipinski definition) is 5. The summed E-state index contributed by atoms with van der Waals surface area (Å²) in [7, 11) is 0. The van der Waals surface area contributed by atoms with E-state index in [-0.39, 0.29) is 41.5 Å². The monoisotopic (exact) mass is 753 g/mol. The molecule has 0 spiro atoms. The van der Waals surface area contributed by atoms with E-state index in [1.165, 1.54) is 12.0 Å². The van der Waals surface area contributed by atoms with Gasteiger partial charge in [-0.15, -0.1) is 0 Å². The summed E-state index contributed by atoms with van der Waals surface area (Å²) in [4.78, 5) is 29.5. The van der Waals surface area contributed by atoms with Crippen molar-refractivity contribution >= 4 is 11.6 Å². The summed E-state index contributed by atoms with van der Waals surface area (Å²) in [5, 5.41) is 21.8. The molecule has 5 aromatic rings. The maximum Gasteiger partial charge on any atom is 0.168 e. The Morgan fingerprint density at radius 3 is 2.41 bits per heavy atom. The number of aromatic amines is 1. The largest absolute Gasteiger partial charge is 0.508 e. The van der Waals surface area contributed by atoms with Crippen LogP contribution >= 0.6 is 0 Å². The van der Waals surface area contributed by atoms with Gasteiger partial charge in [0.05, 0.1) is 12.8 Å². The Kier molecular flexibility index (Phi) is 14.0. The zero-order valence-electron chi connectivity index (χ0n) is 32.3. The number of fused-ring (bicyclic) bond motifs is 1. The molecule has 0 bridgehead atoms. The summed E-state index contributed by atoms with van der Waals surface area (Å²) in [6.07, 6.45) is 14.7. The van der Waals surface area contributed by atoms with Gasteiger partial charge in [0.1, 0.15) is 5.75 Å². The maximum absolute atomic E-state index is 13.8. The molecule has 0 aliphatic heterocycles. The minimum atomic E-state index is -0.607. The summed E-state index contributed by atoms with van der Waals surface area (Å²) in [5.74, 6) is 0.526. The highest BCUT2D eigenvalue weighted by molar-refractivity contribution is 5.99. The Labute approximate surface area is 330 Å². The van der Waals surface area contributed by atoms with Crippen LogP contribution in [0.3, 0.4) is 0 Å². The summed E-state index contributed by atoms with van der Waals surface area (Å²) in [6.45, 7) is 2.58. The lowest BCUT2D eigenvalue weighted by atomic mass is 9.68. The van der Waals surface area contributed by atoms with Crippen LogP contribution in [-0.4, -0.2) is 33.4 Å². The van der Waals surface area contributed by atoms with Gasteiger partial charge in [-0.1, -0.05) is 86.2 Å². The number of H-pyrrole nitrogens is 1. The Bertz CT molecular complexity index is 2090. The Morgan fingerprint density at radius 1 is 0.857 bits per heavy atom. The van der Waals surface area contributed by atoms with E-state index in [9.17, 15) is 19.8 Å². The lowest BCUT2D eigenvalue weighted by Crippen LogP contribution is -2.29. The van der Waals surface area contributed by atoms with Crippen molar-refractivity contribution in [1.29, 1.82) is 0 Å². The molecule has 0 saturated carbocycles. The molecule has 56 heavy (non-hydrogen) atoms. The molecule has 1 aromatic heterocycles. The number of aromatic hydroxyl groups is 2. The van der Waals surface area contributed by atoms with E-state index in [0.29, 0.717) is 54.9 Å². The predicted molar refractivity (Wildman–Crippen MR) is 222 cm³/mol. The van der Waals surface area contributed by atoms with E-state index in [2.05, 4.69) is 42.2 Å². The highest BCUT2D eigenvalue weighted by atomic mass is 16.5. The van der Waals surface area contributed by atoms with E-state index in [4.69, 9.17) is 16.2 Å². The molecule has 3 atom stereocenters. The van der Waals surface area contributed by atoms with Crippen LogP contribution < -0.4 is 16.2 Å². The van der Waals surface area contributed by atoms with Gasteiger partial charge < -0.3 is 31.4 Å². The van der Waals surface area contributed by atoms with Crippen molar-refractivity contribution in [3.8, 4) is 17.2 Å². The van der Waals surface area contributed by atoms with Crippen molar-refractivity contribution in [3.05, 3.63) is 160 Å². The molecule has 4 aromatic carbocycles. The maximum atomic E-state index is 13.8. The summed E-state index contributed by atoms with van der Waals surface area (Å²) >= 11 is 0. The molecular formula is C48H55N3O5. The van der Waals surface area contributed by atoms with Gasteiger partial charge in [0.15, 0.2) is 23.1 Å². The molecule has 292 valence electrons. The average molecular weight is 754 g/mol. The number of unbranched alkanes of at least 4 members (excludes halogenated alkanes) is 1. The van der Waals surface area contributed by atoms with E-state index in [0.717, 1.165) is 53.5 Å². The van der Waals surface area contributed by atoms with Gasteiger partial charge in [-0.3, -0.25) is 9.59 Å². The van der Waals surface area contributed by atoms with Crippen molar-refractivity contribution < 1.29 is 24.5 Å². The van der Waals surface area contributed by atoms with Crippen molar-refractivity contribution in [2.75, 3.05) is 6.61 Å². The van der Waals surface area contributed by atoms with Crippen molar-refractivity contribution in [2.45, 2.75) is 83.2 Å². The normalized spacial score (nSPS) is 15.9. The van der Waals surface area contributed by atoms with Crippen LogP contribution in [0.15, 0.2) is 116 Å². The third-order valence-electron chi connectivity index (χ3n) is 11.1. The number of aryl methyl sites for hydroxylation is 3. The summed E-state index contributed by atoms with van der Waals surface area (Å²) in [5.41, 5.74) is 19.4. The number of ether oxygens (including phenoxy) is 1. The van der Waals surface area contributed by atoms with Crippen LogP contribution in [0.5, 0.6) is 17.2 Å². The Morgan fingerprint density at radius 2 is 1.64 bits per heavy atom. The van der Waals surface area contributed by atoms with Crippen LogP contribution in [0, 0.1) is 11.8 Å². The molecule has 1 heterocycles. The first-order valence-electron chi connectivity index (χ1n) is 20.0. The van der Waals surface area contributed by atoms with Gasteiger partial charge in [0, 0.05) is 48.2 Å². The molecule has 1 aliphatic rings. The molecule has 6 rings (SSSR count). The molecule has 8 heteroatoms. The number of nitrogens with two attached hydrogens (primary N) is 2. The van der Waals surface area contributed by atoms with E-state index >= 15 is 0 Å². The third kappa shape index (κ3) is 10.6. The van der Waals surface area contributed by atoms with Gasteiger partial charge in [-0.05, 0) is 115 Å².